The van der Waals surface area contributed by atoms with Gasteiger partial charge in [-0.25, -0.2) is 13.6 Å². The summed E-state index contributed by atoms with van der Waals surface area (Å²) in [5.74, 6) is -2.06. The molecule has 2 aliphatic rings. The van der Waals surface area contributed by atoms with Gasteiger partial charge in [0.25, 0.3) is 5.91 Å². The molecule has 7 nitrogen and oxygen atoms in total. The van der Waals surface area contributed by atoms with E-state index >= 15 is 0 Å². The van der Waals surface area contributed by atoms with E-state index in [0.29, 0.717) is 12.3 Å². The van der Waals surface area contributed by atoms with Crippen molar-refractivity contribution in [1.82, 2.24) is 15.1 Å². The average molecular weight is 443 g/mol. The molecule has 0 bridgehead atoms. The van der Waals surface area contributed by atoms with Crippen LogP contribution in [0.4, 0.5) is 13.6 Å². The minimum Gasteiger partial charge on any atom is -0.497 e. The fourth-order valence-electron chi connectivity index (χ4n) is 3.86. The maximum atomic E-state index is 14.3. The van der Waals surface area contributed by atoms with E-state index in [1.165, 1.54) is 6.92 Å². The molecule has 2 fully saturated rings. The van der Waals surface area contributed by atoms with Crippen LogP contribution < -0.4 is 10.1 Å². The fourth-order valence-corrected chi connectivity index (χ4v) is 3.86. The quantitative estimate of drug-likeness (QED) is 0.668. The number of rotatable bonds is 7. The molecule has 0 unspecified atom stereocenters. The van der Waals surface area contributed by atoms with Crippen molar-refractivity contribution in [2.75, 3.05) is 13.7 Å². The Morgan fingerprint density at radius 2 is 1.88 bits per heavy atom. The summed E-state index contributed by atoms with van der Waals surface area (Å²) in [5, 5.41) is 2.41. The predicted molar refractivity (Wildman–Crippen MR) is 111 cm³/mol. The molecule has 32 heavy (non-hydrogen) atoms. The molecule has 1 atom stereocenters. The van der Waals surface area contributed by atoms with Gasteiger partial charge in [0.2, 0.25) is 5.91 Å². The summed E-state index contributed by atoms with van der Waals surface area (Å²) in [6.45, 7) is 1.14. The normalized spacial score (nSPS) is 20.3. The number of amides is 4. The molecular formula is C23H23F2N3O4. The Kier molecular flexibility index (Phi) is 5.58. The van der Waals surface area contributed by atoms with Gasteiger partial charge in [-0.05, 0) is 55.7 Å². The topological polar surface area (TPSA) is 79.0 Å². The molecule has 1 aliphatic heterocycles. The lowest BCUT2D eigenvalue weighted by molar-refractivity contribution is -0.139. The van der Waals surface area contributed by atoms with Crippen LogP contribution in [0.15, 0.2) is 42.5 Å². The van der Waals surface area contributed by atoms with Crippen molar-refractivity contribution in [2.24, 2.45) is 0 Å². The summed E-state index contributed by atoms with van der Waals surface area (Å²) in [6.07, 6.45) is 1.68. The molecule has 1 N–H and O–H groups in total. The van der Waals surface area contributed by atoms with Crippen molar-refractivity contribution in [1.29, 1.82) is 0 Å². The molecule has 168 valence electrons. The molecular weight excluding hydrogens is 420 g/mol. The molecule has 4 amide bonds. The molecule has 1 aliphatic carbocycles. The number of carbonyl (C=O) groups is 3. The van der Waals surface area contributed by atoms with Crippen LogP contribution in [-0.4, -0.2) is 47.3 Å². The number of urea groups is 1. The molecule has 4 rings (SSSR count). The van der Waals surface area contributed by atoms with Gasteiger partial charge in [0.1, 0.15) is 29.5 Å². The molecule has 1 heterocycles. The standard InChI is InChI=1S/C23H23F2N3O4/c1-23(18-11-15(24)5-10-19(18)25)21(30)28(22(31)26-23)13-20(29)27(16-6-7-16)12-14-3-8-17(32-2)9-4-14/h3-5,8-11,16H,6-7,12-13H2,1-2H3,(H,26,31)/t23-/m1/s1. The number of methoxy groups -OCH3 is 1. The van der Waals surface area contributed by atoms with Crippen molar-refractivity contribution in [2.45, 2.75) is 37.9 Å². The van der Waals surface area contributed by atoms with Gasteiger partial charge in [-0.2, -0.15) is 0 Å². The highest BCUT2D eigenvalue weighted by Gasteiger charge is 2.51. The van der Waals surface area contributed by atoms with Gasteiger partial charge in [-0.15, -0.1) is 0 Å². The Morgan fingerprint density at radius 3 is 2.50 bits per heavy atom. The molecule has 9 heteroatoms. The van der Waals surface area contributed by atoms with Gasteiger partial charge >= 0.3 is 6.03 Å². The third kappa shape index (κ3) is 4.02. The van der Waals surface area contributed by atoms with E-state index in [2.05, 4.69) is 5.32 Å². The number of hydrogen-bond acceptors (Lipinski definition) is 4. The minimum absolute atomic E-state index is 0.0393. The Balaban J connectivity index is 1.51. The first-order valence-corrected chi connectivity index (χ1v) is 10.2. The van der Waals surface area contributed by atoms with Crippen LogP contribution in [0.25, 0.3) is 0 Å². The predicted octanol–water partition coefficient (Wildman–Crippen LogP) is 2.93. The van der Waals surface area contributed by atoms with Crippen LogP contribution in [0, 0.1) is 11.6 Å². The summed E-state index contributed by atoms with van der Waals surface area (Å²) in [5.41, 5.74) is -1.21. The second-order valence-electron chi connectivity index (χ2n) is 8.17. The zero-order chi connectivity index (χ0) is 23.0. The number of benzene rings is 2. The first kappa shape index (κ1) is 21.7. The van der Waals surface area contributed by atoms with E-state index in [0.717, 1.165) is 41.5 Å². The zero-order valence-corrected chi connectivity index (χ0v) is 17.7. The Morgan fingerprint density at radius 1 is 1.19 bits per heavy atom. The summed E-state index contributed by atoms with van der Waals surface area (Å²) in [7, 11) is 1.57. The highest BCUT2D eigenvalue weighted by Crippen LogP contribution is 2.33. The second kappa shape index (κ2) is 8.22. The number of nitrogens with zero attached hydrogens (tertiary/aromatic N) is 2. The van der Waals surface area contributed by atoms with Gasteiger partial charge < -0.3 is 15.0 Å². The van der Waals surface area contributed by atoms with Gasteiger partial charge in [0.05, 0.1) is 7.11 Å². The molecule has 0 aromatic heterocycles. The van der Waals surface area contributed by atoms with E-state index in [-0.39, 0.29) is 11.6 Å². The van der Waals surface area contributed by atoms with Crippen LogP contribution >= 0.6 is 0 Å². The van der Waals surface area contributed by atoms with Crippen LogP contribution in [0.1, 0.15) is 30.9 Å². The van der Waals surface area contributed by atoms with E-state index in [1.54, 1.807) is 24.1 Å². The van der Waals surface area contributed by atoms with Crippen molar-refractivity contribution in [3.63, 3.8) is 0 Å². The minimum atomic E-state index is -1.80. The number of hydrogen-bond donors (Lipinski definition) is 1. The number of halogens is 2. The zero-order valence-electron chi connectivity index (χ0n) is 17.7. The summed E-state index contributed by atoms with van der Waals surface area (Å²) >= 11 is 0. The summed E-state index contributed by atoms with van der Waals surface area (Å²) in [4.78, 5) is 41.0. The number of ether oxygens (including phenoxy) is 1. The van der Waals surface area contributed by atoms with Crippen molar-refractivity contribution >= 4 is 17.8 Å². The average Bonchev–Trinajstić information content (AvgIpc) is 3.59. The highest BCUT2D eigenvalue weighted by atomic mass is 19.1. The highest BCUT2D eigenvalue weighted by molar-refractivity contribution is 6.09. The lowest BCUT2D eigenvalue weighted by Gasteiger charge is -2.26. The molecule has 1 saturated heterocycles. The Bertz CT molecular complexity index is 1070. The molecule has 0 radical (unpaired) electrons. The number of carbonyl (C=O) groups excluding carboxylic acids is 3. The first-order valence-electron chi connectivity index (χ1n) is 10.2. The van der Waals surface area contributed by atoms with Gasteiger partial charge in [-0.3, -0.25) is 14.5 Å². The van der Waals surface area contributed by atoms with Crippen LogP contribution in [0.2, 0.25) is 0 Å². The molecule has 2 aromatic carbocycles. The van der Waals surface area contributed by atoms with Crippen LogP contribution in [0.3, 0.4) is 0 Å². The lowest BCUT2D eigenvalue weighted by atomic mass is 9.91. The molecule has 1 saturated carbocycles. The van der Waals surface area contributed by atoms with E-state index in [9.17, 15) is 23.2 Å². The molecule has 2 aromatic rings. The maximum Gasteiger partial charge on any atom is 0.325 e. The van der Waals surface area contributed by atoms with Gasteiger partial charge in [0.15, 0.2) is 0 Å². The summed E-state index contributed by atoms with van der Waals surface area (Å²) < 4.78 is 33.2. The van der Waals surface area contributed by atoms with E-state index in [4.69, 9.17) is 4.74 Å². The van der Waals surface area contributed by atoms with E-state index in [1.807, 2.05) is 12.1 Å². The first-order chi connectivity index (χ1) is 15.2. The smallest absolute Gasteiger partial charge is 0.325 e. The number of nitrogens with one attached hydrogen (secondary N) is 1. The number of imide groups is 1. The van der Waals surface area contributed by atoms with Crippen molar-refractivity contribution < 1.29 is 27.9 Å². The second-order valence-corrected chi connectivity index (χ2v) is 8.17. The third-order valence-electron chi connectivity index (χ3n) is 5.86. The van der Waals surface area contributed by atoms with Crippen molar-refractivity contribution in [3.8, 4) is 5.75 Å². The largest absolute Gasteiger partial charge is 0.497 e. The van der Waals surface area contributed by atoms with Crippen LogP contribution in [-0.2, 0) is 21.7 Å². The molecule has 0 spiro atoms. The summed E-state index contributed by atoms with van der Waals surface area (Å²) in [6, 6.07) is 9.19. The van der Waals surface area contributed by atoms with Crippen molar-refractivity contribution in [3.05, 3.63) is 65.2 Å². The Labute approximate surface area is 183 Å². The third-order valence-corrected chi connectivity index (χ3v) is 5.86. The van der Waals surface area contributed by atoms with Gasteiger partial charge in [0, 0.05) is 18.2 Å². The van der Waals surface area contributed by atoms with Crippen LogP contribution in [0.5, 0.6) is 5.75 Å². The lowest BCUT2D eigenvalue weighted by Crippen LogP contribution is -2.45. The fraction of sp³-hybridized carbons (Fsp3) is 0.348. The maximum absolute atomic E-state index is 14.3. The SMILES string of the molecule is COc1ccc(CN(C(=O)CN2C(=O)N[C@](C)(c3cc(F)ccc3F)C2=O)C2CC2)cc1. The van der Waals surface area contributed by atoms with E-state index < -0.39 is 41.6 Å². The Hall–Kier alpha value is -3.49. The monoisotopic (exact) mass is 443 g/mol. The van der Waals surface area contributed by atoms with Gasteiger partial charge in [-0.1, -0.05) is 12.1 Å².